The summed E-state index contributed by atoms with van der Waals surface area (Å²) in [6, 6.07) is 0.477. The van der Waals surface area contributed by atoms with Crippen LogP contribution >= 0.6 is 0 Å². The Kier molecular flexibility index (Phi) is 11.4. The van der Waals surface area contributed by atoms with Crippen LogP contribution in [0, 0.1) is 0 Å². The molecule has 0 bridgehead atoms. The van der Waals surface area contributed by atoms with E-state index in [9.17, 15) is 4.79 Å². The van der Waals surface area contributed by atoms with Crippen molar-refractivity contribution < 1.29 is 14.6 Å². The van der Waals surface area contributed by atoms with E-state index in [0.717, 1.165) is 19.3 Å². The maximum Gasteiger partial charge on any atom is 0.303 e. The fourth-order valence-electron chi connectivity index (χ4n) is 3.85. The first-order chi connectivity index (χ1) is 11.9. The van der Waals surface area contributed by atoms with Gasteiger partial charge in [-0.1, -0.05) is 71.1 Å². The van der Waals surface area contributed by atoms with Crippen molar-refractivity contribution in [3.05, 3.63) is 0 Å². The predicted octanol–water partition coefficient (Wildman–Crippen LogP) is 5.65. The summed E-state index contributed by atoms with van der Waals surface area (Å²) in [5.41, 5.74) is -0.195. The molecule has 1 aliphatic heterocycles. The van der Waals surface area contributed by atoms with Crippen molar-refractivity contribution >= 4 is 5.97 Å². The lowest BCUT2D eigenvalue weighted by atomic mass is 9.98. The molecule has 2 N–H and O–H groups in total. The molecule has 0 aromatic carbocycles. The molecule has 0 aliphatic carbocycles. The predicted molar refractivity (Wildman–Crippen MR) is 104 cm³/mol. The van der Waals surface area contributed by atoms with E-state index >= 15 is 0 Å². The van der Waals surface area contributed by atoms with Gasteiger partial charge in [-0.15, -0.1) is 0 Å². The topological polar surface area (TPSA) is 58.6 Å². The Morgan fingerprint density at radius 2 is 1.48 bits per heavy atom. The highest BCUT2D eigenvalue weighted by atomic mass is 16.5. The third-order valence-electron chi connectivity index (χ3n) is 5.18. The molecule has 25 heavy (non-hydrogen) atoms. The third kappa shape index (κ3) is 10.9. The minimum atomic E-state index is -0.674. The molecule has 0 saturated carbocycles. The summed E-state index contributed by atoms with van der Waals surface area (Å²) in [5, 5.41) is 12.3. The number of ether oxygens (including phenoxy) is 1. The summed E-state index contributed by atoms with van der Waals surface area (Å²) in [5.74, 6) is -0.674. The molecule has 0 aromatic heterocycles. The van der Waals surface area contributed by atoms with Gasteiger partial charge in [-0.25, -0.2) is 0 Å². The van der Waals surface area contributed by atoms with E-state index in [-0.39, 0.29) is 5.72 Å². The highest BCUT2D eigenvalue weighted by molar-refractivity contribution is 5.66. The van der Waals surface area contributed by atoms with Crippen LogP contribution in [0.4, 0.5) is 0 Å². The summed E-state index contributed by atoms with van der Waals surface area (Å²) in [6.07, 6.45) is 16.4. The molecule has 2 unspecified atom stereocenters. The van der Waals surface area contributed by atoms with E-state index in [4.69, 9.17) is 9.84 Å². The molecule has 1 aliphatic rings. The maximum absolute atomic E-state index is 10.5. The Labute approximate surface area is 155 Å². The van der Waals surface area contributed by atoms with Crippen LogP contribution in [0.2, 0.25) is 0 Å². The Hall–Kier alpha value is -0.610. The van der Waals surface area contributed by atoms with E-state index in [1.54, 1.807) is 0 Å². The number of carboxylic acid groups (broad SMARTS) is 1. The van der Waals surface area contributed by atoms with Gasteiger partial charge < -0.3 is 9.84 Å². The van der Waals surface area contributed by atoms with Crippen molar-refractivity contribution in [3.8, 4) is 0 Å². The number of unbranched alkanes of at least 4 members (excludes halogenated alkanes) is 9. The quantitative estimate of drug-likeness (QED) is 0.373. The van der Waals surface area contributed by atoms with E-state index in [1.807, 2.05) is 0 Å². The zero-order valence-corrected chi connectivity index (χ0v) is 16.8. The largest absolute Gasteiger partial charge is 0.481 e. The highest BCUT2D eigenvalue weighted by Gasteiger charge is 2.38. The molecule has 0 amide bonds. The van der Waals surface area contributed by atoms with Gasteiger partial charge in [0.1, 0.15) is 5.72 Å². The van der Waals surface area contributed by atoms with Crippen LogP contribution in [-0.4, -0.2) is 28.9 Å². The number of carbonyl (C=O) groups is 1. The Bertz CT molecular complexity index is 357. The zero-order chi connectivity index (χ0) is 18.5. The van der Waals surface area contributed by atoms with Crippen LogP contribution in [-0.2, 0) is 9.53 Å². The van der Waals surface area contributed by atoms with Crippen molar-refractivity contribution in [2.45, 2.75) is 129 Å². The van der Waals surface area contributed by atoms with Crippen LogP contribution in [0.5, 0.6) is 0 Å². The smallest absolute Gasteiger partial charge is 0.303 e. The number of rotatable bonds is 15. The molecule has 4 heteroatoms. The van der Waals surface area contributed by atoms with Crippen molar-refractivity contribution in [1.82, 2.24) is 5.32 Å². The minimum absolute atomic E-state index is 0.195. The molecule has 4 nitrogen and oxygen atoms in total. The third-order valence-corrected chi connectivity index (χ3v) is 5.18. The Balaban J connectivity index is 2.15. The van der Waals surface area contributed by atoms with Crippen LogP contribution in [0.15, 0.2) is 0 Å². The second kappa shape index (κ2) is 12.7. The SMILES string of the molecule is CCCCCCCCC1OC(C)(C)NC1CCCCCCCC(=O)O. The average Bonchev–Trinajstić information content (AvgIpc) is 2.83. The lowest BCUT2D eigenvalue weighted by Crippen LogP contribution is -2.38. The second-order valence-electron chi connectivity index (χ2n) is 8.17. The van der Waals surface area contributed by atoms with Crippen molar-refractivity contribution in [2.75, 3.05) is 0 Å². The molecule has 1 heterocycles. The van der Waals surface area contributed by atoms with E-state index in [1.165, 1.54) is 64.2 Å². The molecule has 148 valence electrons. The first-order valence-corrected chi connectivity index (χ1v) is 10.6. The number of aliphatic carboxylic acids is 1. The lowest BCUT2D eigenvalue weighted by molar-refractivity contribution is -0.137. The van der Waals surface area contributed by atoms with Crippen LogP contribution in [0.1, 0.15) is 111 Å². The Morgan fingerprint density at radius 1 is 0.920 bits per heavy atom. The van der Waals surface area contributed by atoms with Crippen LogP contribution in [0.3, 0.4) is 0 Å². The normalized spacial score (nSPS) is 22.4. The van der Waals surface area contributed by atoms with Gasteiger partial charge in [0.25, 0.3) is 0 Å². The molecular formula is C21H41NO3. The number of carboxylic acids is 1. The molecule has 1 fully saturated rings. The van der Waals surface area contributed by atoms with Crippen LogP contribution < -0.4 is 5.32 Å². The van der Waals surface area contributed by atoms with Gasteiger partial charge in [-0.2, -0.15) is 0 Å². The van der Waals surface area contributed by atoms with E-state index in [2.05, 4.69) is 26.1 Å². The average molecular weight is 356 g/mol. The molecule has 0 radical (unpaired) electrons. The zero-order valence-electron chi connectivity index (χ0n) is 16.8. The number of hydrogen-bond acceptors (Lipinski definition) is 3. The van der Waals surface area contributed by atoms with Crippen molar-refractivity contribution in [3.63, 3.8) is 0 Å². The van der Waals surface area contributed by atoms with Gasteiger partial charge in [-0.3, -0.25) is 10.1 Å². The van der Waals surface area contributed by atoms with Crippen LogP contribution in [0.25, 0.3) is 0 Å². The molecule has 1 rings (SSSR count). The number of nitrogens with one attached hydrogen (secondary N) is 1. The maximum atomic E-state index is 10.5. The molecule has 0 aromatic rings. The molecular weight excluding hydrogens is 314 g/mol. The molecule has 1 saturated heterocycles. The van der Waals surface area contributed by atoms with Crippen molar-refractivity contribution in [2.24, 2.45) is 0 Å². The highest BCUT2D eigenvalue weighted by Crippen LogP contribution is 2.28. The first-order valence-electron chi connectivity index (χ1n) is 10.6. The summed E-state index contributed by atoms with van der Waals surface area (Å²) in [4.78, 5) is 10.5. The van der Waals surface area contributed by atoms with E-state index in [0.29, 0.717) is 18.6 Å². The summed E-state index contributed by atoms with van der Waals surface area (Å²) >= 11 is 0. The fourth-order valence-corrected chi connectivity index (χ4v) is 3.85. The van der Waals surface area contributed by atoms with Gasteiger partial charge in [-0.05, 0) is 33.1 Å². The van der Waals surface area contributed by atoms with Crippen molar-refractivity contribution in [1.29, 1.82) is 0 Å². The standard InChI is InChI=1S/C21H41NO3/c1-4-5-6-7-10-13-16-19-18(22-21(2,3)25-19)15-12-9-8-11-14-17-20(23)24/h18-19,22H,4-17H2,1-3H3,(H,23,24). The number of hydrogen-bond donors (Lipinski definition) is 2. The minimum Gasteiger partial charge on any atom is -0.481 e. The first kappa shape index (κ1) is 22.4. The molecule has 2 atom stereocenters. The Morgan fingerprint density at radius 3 is 2.12 bits per heavy atom. The lowest BCUT2D eigenvalue weighted by Gasteiger charge is -2.18. The summed E-state index contributed by atoms with van der Waals surface area (Å²) in [6.45, 7) is 6.52. The van der Waals surface area contributed by atoms with Gasteiger partial charge in [0.05, 0.1) is 6.10 Å². The fraction of sp³-hybridized carbons (Fsp3) is 0.952. The van der Waals surface area contributed by atoms with Gasteiger partial charge in [0.15, 0.2) is 0 Å². The second-order valence-corrected chi connectivity index (χ2v) is 8.17. The van der Waals surface area contributed by atoms with Gasteiger partial charge >= 0.3 is 5.97 Å². The summed E-state index contributed by atoms with van der Waals surface area (Å²) in [7, 11) is 0. The monoisotopic (exact) mass is 355 g/mol. The summed E-state index contributed by atoms with van der Waals surface area (Å²) < 4.78 is 6.23. The van der Waals surface area contributed by atoms with Gasteiger partial charge in [0, 0.05) is 12.5 Å². The molecule has 0 spiro atoms. The van der Waals surface area contributed by atoms with E-state index < -0.39 is 5.97 Å². The van der Waals surface area contributed by atoms with Gasteiger partial charge in [0.2, 0.25) is 0 Å².